The summed E-state index contributed by atoms with van der Waals surface area (Å²) in [5.41, 5.74) is 1.31. The number of benzene rings is 1. The number of amides is 1. The smallest absolute Gasteiger partial charge is 0.264 e. The molecular formula is C17H18ClFN2O5S. The topological polar surface area (TPSA) is 105 Å². The van der Waals surface area contributed by atoms with Gasteiger partial charge >= 0.3 is 0 Å². The number of aromatic nitrogens is 1. The third kappa shape index (κ3) is 4.20. The van der Waals surface area contributed by atoms with Crippen LogP contribution in [0.2, 0.25) is 5.02 Å². The number of nitrogens with one attached hydrogen (secondary N) is 1. The maximum Gasteiger partial charge on any atom is 0.264 e. The first kappa shape index (κ1) is 21.1. The monoisotopic (exact) mass is 416 g/mol. The van der Waals surface area contributed by atoms with Crippen LogP contribution in [-0.2, 0) is 21.2 Å². The van der Waals surface area contributed by atoms with Crippen LogP contribution in [0.3, 0.4) is 0 Å². The minimum atomic E-state index is -3.87. The molecule has 1 atom stereocenters. The van der Waals surface area contributed by atoms with Crippen LogP contribution in [0.25, 0.3) is 11.1 Å². The lowest BCUT2D eigenvalue weighted by atomic mass is 10.1. The summed E-state index contributed by atoms with van der Waals surface area (Å²) in [4.78, 5) is 24.1. The Bertz CT molecular complexity index is 1040. The van der Waals surface area contributed by atoms with Crippen LogP contribution in [0.5, 0.6) is 0 Å². The van der Waals surface area contributed by atoms with Gasteiger partial charge in [-0.15, -0.1) is 0 Å². The molecule has 0 aliphatic carbocycles. The van der Waals surface area contributed by atoms with Crippen molar-refractivity contribution in [2.45, 2.75) is 24.6 Å². The molecule has 27 heavy (non-hydrogen) atoms. The molecule has 0 spiro atoms. The highest BCUT2D eigenvalue weighted by molar-refractivity contribution is 7.92. The van der Waals surface area contributed by atoms with Crippen molar-refractivity contribution in [2.24, 2.45) is 0 Å². The number of rotatable bonds is 6. The van der Waals surface area contributed by atoms with Crippen molar-refractivity contribution in [2.75, 3.05) is 6.26 Å². The van der Waals surface area contributed by atoms with Gasteiger partial charge in [0.15, 0.2) is 14.6 Å². The Balaban J connectivity index is 2.33. The molecule has 1 heterocycles. The molecule has 0 saturated heterocycles. The van der Waals surface area contributed by atoms with Gasteiger partial charge in [-0.1, -0.05) is 23.7 Å². The lowest BCUT2D eigenvalue weighted by Gasteiger charge is -2.25. The number of hydrogen-bond donors (Lipinski definition) is 2. The van der Waals surface area contributed by atoms with Crippen molar-refractivity contribution >= 4 is 27.3 Å². The molecule has 2 aromatic rings. The summed E-state index contributed by atoms with van der Waals surface area (Å²) < 4.78 is 37.3. The third-order valence-electron chi connectivity index (χ3n) is 4.49. The van der Waals surface area contributed by atoms with Gasteiger partial charge in [0.1, 0.15) is 5.82 Å². The van der Waals surface area contributed by atoms with Gasteiger partial charge in [0.2, 0.25) is 0 Å². The second-order valence-electron chi connectivity index (χ2n) is 6.24. The fourth-order valence-corrected chi connectivity index (χ4v) is 3.53. The van der Waals surface area contributed by atoms with Crippen molar-refractivity contribution in [1.82, 2.24) is 10.0 Å². The maximum absolute atomic E-state index is 14.1. The summed E-state index contributed by atoms with van der Waals surface area (Å²) in [5, 5.41) is 8.74. The van der Waals surface area contributed by atoms with Crippen LogP contribution >= 0.6 is 11.6 Å². The summed E-state index contributed by atoms with van der Waals surface area (Å²) in [6, 6.07) is 7.10. The first-order valence-corrected chi connectivity index (χ1v) is 10.1. The molecule has 1 amide bonds. The van der Waals surface area contributed by atoms with Gasteiger partial charge in [-0.2, -0.15) is 0 Å². The summed E-state index contributed by atoms with van der Waals surface area (Å²) in [7, 11) is -3.87. The quantitative estimate of drug-likeness (QED) is 0.553. The molecule has 10 heteroatoms. The van der Waals surface area contributed by atoms with Gasteiger partial charge in [-0.25, -0.2) is 18.3 Å². The highest BCUT2D eigenvalue weighted by Crippen LogP contribution is 2.27. The number of halogens is 2. The number of aryl methyl sites for hydroxylation is 1. The standard InChI is InChI=1S/C17H18ClFN2O5S/c1-17(16(23)20-24,27(2,25)26)7-9-21-8-6-11(10-14(21)22)12-4-3-5-13(18)15(12)19/h3-6,8,10,24H,7,9H2,1-2H3,(H,20,23)/t17-/m1/s1. The van der Waals surface area contributed by atoms with Crippen LogP contribution in [0.15, 0.2) is 41.3 Å². The normalized spacial score (nSPS) is 13.8. The number of hydroxylamine groups is 1. The number of nitrogens with zero attached hydrogens (tertiary/aromatic N) is 1. The number of sulfone groups is 1. The zero-order chi connectivity index (χ0) is 20.4. The molecule has 146 valence electrons. The third-order valence-corrected chi connectivity index (χ3v) is 6.81. The number of carbonyl (C=O) groups excluding carboxylic acids is 1. The highest BCUT2D eigenvalue weighted by atomic mass is 35.5. The van der Waals surface area contributed by atoms with Gasteiger partial charge in [0.25, 0.3) is 11.5 Å². The van der Waals surface area contributed by atoms with Crippen molar-refractivity contribution in [3.05, 3.63) is 57.7 Å². The molecule has 0 aliphatic heterocycles. The van der Waals surface area contributed by atoms with E-state index in [1.54, 1.807) is 6.07 Å². The molecule has 0 fully saturated rings. The Morgan fingerprint density at radius 1 is 1.37 bits per heavy atom. The fraction of sp³-hybridized carbons (Fsp3) is 0.294. The largest absolute Gasteiger partial charge is 0.315 e. The van der Waals surface area contributed by atoms with E-state index in [1.165, 1.54) is 40.5 Å². The second kappa shape index (κ2) is 7.79. The van der Waals surface area contributed by atoms with E-state index in [4.69, 9.17) is 16.8 Å². The molecule has 2 N–H and O–H groups in total. The minimum Gasteiger partial charge on any atom is -0.315 e. The van der Waals surface area contributed by atoms with E-state index >= 15 is 0 Å². The number of pyridine rings is 1. The van der Waals surface area contributed by atoms with E-state index in [1.807, 2.05) is 0 Å². The predicted octanol–water partition coefficient (Wildman–Crippen LogP) is 2.01. The molecule has 0 radical (unpaired) electrons. The van der Waals surface area contributed by atoms with Crippen LogP contribution in [-0.4, -0.2) is 35.1 Å². The van der Waals surface area contributed by atoms with Gasteiger partial charge in [-0.05, 0) is 31.0 Å². The fourth-order valence-electron chi connectivity index (χ4n) is 2.51. The summed E-state index contributed by atoms with van der Waals surface area (Å²) in [6.07, 6.45) is 2.00. The minimum absolute atomic E-state index is 0.0735. The Kier molecular flexibility index (Phi) is 6.08. The average Bonchev–Trinajstić information content (AvgIpc) is 2.61. The van der Waals surface area contributed by atoms with Gasteiger partial charge in [0, 0.05) is 30.6 Å². The summed E-state index contributed by atoms with van der Waals surface area (Å²) in [6.45, 7) is 1.06. The van der Waals surface area contributed by atoms with Gasteiger partial charge < -0.3 is 4.57 Å². The Hall–Kier alpha value is -2.23. The van der Waals surface area contributed by atoms with Gasteiger partial charge in [-0.3, -0.25) is 14.8 Å². The zero-order valence-electron chi connectivity index (χ0n) is 14.6. The van der Waals surface area contributed by atoms with E-state index in [0.717, 1.165) is 13.2 Å². The first-order valence-electron chi connectivity index (χ1n) is 7.80. The van der Waals surface area contributed by atoms with E-state index in [-0.39, 0.29) is 23.6 Å². The van der Waals surface area contributed by atoms with E-state index < -0.39 is 31.9 Å². The molecule has 7 nitrogen and oxygen atoms in total. The van der Waals surface area contributed by atoms with Gasteiger partial charge in [0.05, 0.1) is 5.02 Å². The highest BCUT2D eigenvalue weighted by Gasteiger charge is 2.43. The van der Waals surface area contributed by atoms with E-state index in [2.05, 4.69) is 0 Å². The van der Waals surface area contributed by atoms with Crippen molar-refractivity contribution in [1.29, 1.82) is 0 Å². The SMILES string of the molecule is C[C@@](CCn1ccc(-c2cccc(Cl)c2F)cc1=O)(C(=O)NO)S(C)(=O)=O. The molecule has 0 saturated carbocycles. The Labute approximate surface area is 160 Å². The number of carbonyl (C=O) groups is 1. The zero-order valence-corrected chi connectivity index (χ0v) is 16.1. The van der Waals surface area contributed by atoms with Crippen molar-refractivity contribution < 1.29 is 22.8 Å². The number of hydrogen-bond acceptors (Lipinski definition) is 5. The Morgan fingerprint density at radius 2 is 2.04 bits per heavy atom. The predicted molar refractivity (Wildman–Crippen MR) is 98.9 cm³/mol. The average molecular weight is 417 g/mol. The molecule has 0 unspecified atom stereocenters. The Morgan fingerprint density at radius 3 is 2.59 bits per heavy atom. The molecule has 0 aliphatic rings. The van der Waals surface area contributed by atoms with E-state index in [0.29, 0.717) is 5.56 Å². The molecule has 2 rings (SSSR count). The summed E-state index contributed by atoms with van der Waals surface area (Å²) in [5.74, 6) is -1.74. The van der Waals surface area contributed by atoms with Crippen LogP contribution in [0, 0.1) is 5.82 Å². The van der Waals surface area contributed by atoms with Crippen LogP contribution in [0.4, 0.5) is 4.39 Å². The molecule has 1 aromatic carbocycles. The molecular weight excluding hydrogens is 399 g/mol. The van der Waals surface area contributed by atoms with Crippen LogP contribution < -0.4 is 11.0 Å². The molecule has 1 aromatic heterocycles. The lowest BCUT2D eigenvalue weighted by molar-refractivity contribution is -0.131. The lowest BCUT2D eigenvalue weighted by Crippen LogP contribution is -2.49. The maximum atomic E-state index is 14.1. The van der Waals surface area contributed by atoms with Crippen LogP contribution in [0.1, 0.15) is 13.3 Å². The second-order valence-corrected chi connectivity index (χ2v) is 9.09. The van der Waals surface area contributed by atoms with Crippen molar-refractivity contribution in [3.8, 4) is 11.1 Å². The first-order chi connectivity index (χ1) is 12.5. The van der Waals surface area contributed by atoms with Crippen molar-refractivity contribution in [3.63, 3.8) is 0 Å². The van der Waals surface area contributed by atoms with E-state index in [9.17, 15) is 22.4 Å². The summed E-state index contributed by atoms with van der Waals surface area (Å²) >= 11 is 5.75. The molecule has 0 bridgehead atoms.